The maximum atomic E-state index is 10.7. The van der Waals surface area contributed by atoms with Crippen LogP contribution in [-0.2, 0) is 14.3 Å². The van der Waals surface area contributed by atoms with Crippen molar-refractivity contribution < 1.29 is 19.4 Å². The van der Waals surface area contributed by atoms with Crippen LogP contribution >= 0.6 is 0 Å². The van der Waals surface area contributed by atoms with Crippen molar-refractivity contribution >= 4 is 11.9 Å². The lowest BCUT2D eigenvalue weighted by atomic mass is 10.4. The number of rotatable bonds is 4. The standard InChI is InChI=1S/C7H11NO4/c1-5(7(11)12-2)8-6(10)3-4-9/h9H,1,3-4H2,2H3,(H,8,10). The van der Waals surface area contributed by atoms with Crippen molar-refractivity contribution in [1.82, 2.24) is 5.32 Å². The molecule has 5 nitrogen and oxygen atoms in total. The normalized spacial score (nSPS) is 8.83. The van der Waals surface area contributed by atoms with Gasteiger partial charge in [0.1, 0.15) is 5.70 Å². The minimum atomic E-state index is -0.693. The first kappa shape index (κ1) is 10.6. The van der Waals surface area contributed by atoms with Crippen molar-refractivity contribution in [1.29, 1.82) is 0 Å². The van der Waals surface area contributed by atoms with Gasteiger partial charge in [-0.2, -0.15) is 0 Å². The number of carbonyl (C=O) groups excluding carboxylic acids is 2. The maximum absolute atomic E-state index is 10.7. The van der Waals surface area contributed by atoms with E-state index < -0.39 is 11.9 Å². The molecular formula is C7H11NO4. The third-order valence-corrected chi connectivity index (χ3v) is 1.06. The Kier molecular flexibility index (Phi) is 4.71. The lowest BCUT2D eigenvalue weighted by Crippen LogP contribution is -2.27. The second kappa shape index (κ2) is 5.31. The van der Waals surface area contributed by atoms with E-state index in [1.54, 1.807) is 0 Å². The molecule has 0 rings (SSSR count). The van der Waals surface area contributed by atoms with E-state index in [0.29, 0.717) is 0 Å². The second-order valence-corrected chi connectivity index (χ2v) is 1.99. The van der Waals surface area contributed by atoms with Crippen molar-refractivity contribution in [2.24, 2.45) is 0 Å². The van der Waals surface area contributed by atoms with Crippen LogP contribution in [-0.4, -0.2) is 30.7 Å². The van der Waals surface area contributed by atoms with E-state index in [-0.39, 0.29) is 18.7 Å². The average Bonchev–Trinajstić information content (AvgIpc) is 2.03. The fraction of sp³-hybridized carbons (Fsp3) is 0.429. The molecule has 0 bridgehead atoms. The van der Waals surface area contributed by atoms with Gasteiger partial charge in [-0.05, 0) is 0 Å². The first-order valence-electron chi connectivity index (χ1n) is 3.29. The Hall–Kier alpha value is -1.36. The van der Waals surface area contributed by atoms with Crippen molar-refractivity contribution in [2.45, 2.75) is 6.42 Å². The Balaban J connectivity index is 3.84. The molecule has 68 valence electrons. The Bertz CT molecular complexity index is 200. The molecule has 12 heavy (non-hydrogen) atoms. The number of esters is 1. The third-order valence-electron chi connectivity index (χ3n) is 1.06. The number of hydrogen-bond acceptors (Lipinski definition) is 4. The van der Waals surface area contributed by atoms with E-state index in [9.17, 15) is 9.59 Å². The number of aliphatic hydroxyl groups is 1. The van der Waals surface area contributed by atoms with Crippen LogP contribution in [0.15, 0.2) is 12.3 Å². The molecule has 0 aromatic carbocycles. The number of methoxy groups -OCH3 is 1. The van der Waals surface area contributed by atoms with Crippen LogP contribution in [0.3, 0.4) is 0 Å². The number of carbonyl (C=O) groups is 2. The van der Waals surface area contributed by atoms with E-state index >= 15 is 0 Å². The summed E-state index contributed by atoms with van der Waals surface area (Å²) in [5.74, 6) is -1.16. The average molecular weight is 173 g/mol. The monoisotopic (exact) mass is 173 g/mol. The summed E-state index contributed by atoms with van der Waals surface area (Å²) in [5.41, 5.74) is -0.129. The van der Waals surface area contributed by atoms with E-state index in [0.717, 1.165) is 0 Å². The summed E-state index contributed by atoms with van der Waals surface area (Å²) in [4.78, 5) is 21.4. The SMILES string of the molecule is C=C(NC(=O)CCO)C(=O)OC. The Labute approximate surface area is 70.0 Å². The fourth-order valence-corrected chi connectivity index (χ4v) is 0.507. The highest BCUT2D eigenvalue weighted by molar-refractivity contribution is 5.93. The zero-order valence-corrected chi connectivity index (χ0v) is 6.79. The highest BCUT2D eigenvalue weighted by Gasteiger charge is 2.09. The second-order valence-electron chi connectivity index (χ2n) is 1.99. The number of amides is 1. The number of aliphatic hydroxyl groups excluding tert-OH is 1. The highest BCUT2D eigenvalue weighted by atomic mass is 16.5. The van der Waals surface area contributed by atoms with Crippen molar-refractivity contribution in [3.8, 4) is 0 Å². The molecule has 0 aliphatic heterocycles. The van der Waals surface area contributed by atoms with Gasteiger partial charge in [0.05, 0.1) is 20.1 Å². The van der Waals surface area contributed by atoms with Crippen molar-refractivity contribution in [2.75, 3.05) is 13.7 Å². The lowest BCUT2D eigenvalue weighted by Gasteiger charge is -2.04. The molecule has 0 radical (unpaired) electrons. The molecule has 0 aromatic heterocycles. The lowest BCUT2D eigenvalue weighted by molar-refractivity contribution is -0.137. The zero-order valence-electron chi connectivity index (χ0n) is 6.79. The molecule has 5 heteroatoms. The number of hydrogen-bond donors (Lipinski definition) is 2. The summed E-state index contributed by atoms with van der Waals surface area (Å²) >= 11 is 0. The summed E-state index contributed by atoms with van der Waals surface area (Å²) < 4.78 is 4.28. The molecule has 0 fully saturated rings. The van der Waals surface area contributed by atoms with Gasteiger partial charge < -0.3 is 15.2 Å². The van der Waals surface area contributed by atoms with Gasteiger partial charge in [0, 0.05) is 0 Å². The van der Waals surface area contributed by atoms with Crippen LogP contribution in [0, 0.1) is 0 Å². The van der Waals surface area contributed by atoms with Gasteiger partial charge in [0.2, 0.25) is 5.91 Å². The molecule has 0 atom stereocenters. The molecule has 0 saturated heterocycles. The first-order valence-corrected chi connectivity index (χ1v) is 3.29. The Morgan fingerprint density at radius 1 is 1.58 bits per heavy atom. The Morgan fingerprint density at radius 3 is 2.58 bits per heavy atom. The predicted molar refractivity (Wildman–Crippen MR) is 41.0 cm³/mol. The molecule has 0 aliphatic rings. The summed E-state index contributed by atoms with van der Waals surface area (Å²) in [6.45, 7) is 3.00. The van der Waals surface area contributed by atoms with Crippen molar-refractivity contribution in [3.05, 3.63) is 12.3 Å². The van der Waals surface area contributed by atoms with Crippen LogP contribution in [0.2, 0.25) is 0 Å². The van der Waals surface area contributed by atoms with Gasteiger partial charge >= 0.3 is 5.97 Å². The minimum absolute atomic E-state index is 0.0595. The van der Waals surface area contributed by atoms with Gasteiger partial charge in [0.15, 0.2) is 0 Å². The zero-order chi connectivity index (χ0) is 9.56. The van der Waals surface area contributed by atoms with E-state index in [1.165, 1.54) is 7.11 Å². The maximum Gasteiger partial charge on any atom is 0.353 e. The van der Waals surface area contributed by atoms with E-state index in [1.807, 2.05) is 0 Å². The molecule has 0 unspecified atom stereocenters. The van der Waals surface area contributed by atoms with Crippen LogP contribution in [0.1, 0.15) is 6.42 Å². The number of ether oxygens (including phenoxy) is 1. The largest absolute Gasteiger partial charge is 0.464 e. The van der Waals surface area contributed by atoms with Crippen LogP contribution in [0.5, 0.6) is 0 Å². The van der Waals surface area contributed by atoms with Gasteiger partial charge in [-0.3, -0.25) is 4.79 Å². The fourth-order valence-electron chi connectivity index (χ4n) is 0.507. The summed E-state index contributed by atoms with van der Waals surface area (Å²) in [5, 5.41) is 10.5. The molecule has 0 spiro atoms. The molecule has 2 N–H and O–H groups in total. The quantitative estimate of drug-likeness (QED) is 0.430. The van der Waals surface area contributed by atoms with E-state index in [4.69, 9.17) is 5.11 Å². The minimum Gasteiger partial charge on any atom is -0.464 e. The van der Waals surface area contributed by atoms with Crippen molar-refractivity contribution in [3.63, 3.8) is 0 Å². The van der Waals surface area contributed by atoms with E-state index in [2.05, 4.69) is 16.6 Å². The molecule has 0 aliphatic carbocycles. The molecular weight excluding hydrogens is 162 g/mol. The molecule has 0 heterocycles. The van der Waals surface area contributed by atoms with Crippen LogP contribution in [0.25, 0.3) is 0 Å². The summed E-state index contributed by atoms with van der Waals surface area (Å²) in [6, 6.07) is 0. The molecule has 0 saturated carbocycles. The predicted octanol–water partition coefficient (Wildman–Crippen LogP) is -0.828. The number of nitrogens with one attached hydrogen (secondary N) is 1. The topological polar surface area (TPSA) is 75.6 Å². The van der Waals surface area contributed by atoms with Crippen LogP contribution in [0.4, 0.5) is 0 Å². The summed E-state index contributed by atoms with van der Waals surface area (Å²) in [7, 11) is 1.19. The summed E-state index contributed by atoms with van der Waals surface area (Å²) in [6.07, 6.45) is -0.0595. The van der Waals surface area contributed by atoms with Gasteiger partial charge in [-0.25, -0.2) is 4.79 Å². The first-order chi connectivity index (χ1) is 5.61. The third kappa shape index (κ3) is 3.72. The Morgan fingerprint density at radius 2 is 2.17 bits per heavy atom. The van der Waals surface area contributed by atoms with Gasteiger partial charge in [-0.15, -0.1) is 0 Å². The smallest absolute Gasteiger partial charge is 0.353 e. The van der Waals surface area contributed by atoms with Gasteiger partial charge in [-0.1, -0.05) is 6.58 Å². The van der Waals surface area contributed by atoms with Gasteiger partial charge in [0.25, 0.3) is 0 Å². The van der Waals surface area contributed by atoms with Crippen LogP contribution < -0.4 is 5.32 Å². The molecule has 0 aromatic rings. The molecule has 1 amide bonds. The highest BCUT2D eigenvalue weighted by Crippen LogP contribution is 1.89.